The minimum Gasteiger partial charge on any atom is -0.497 e. The van der Waals surface area contributed by atoms with Crippen molar-refractivity contribution in [1.29, 1.82) is 0 Å². The molecule has 0 heterocycles. The van der Waals surface area contributed by atoms with Gasteiger partial charge >= 0.3 is 6.03 Å². The average Bonchev–Trinajstić information content (AvgIpc) is 3.53. The molecule has 3 rings (SSSR count). The van der Waals surface area contributed by atoms with Crippen molar-refractivity contribution >= 4 is 17.6 Å². The van der Waals surface area contributed by atoms with Crippen LogP contribution in [0.5, 0.6) is 5.75 Å². The third kappa shape index (κ3) is 5.96. The van der Waals surface area contributed by atoms with Gasteiger partial charge in [0, 0.05) is 23.8 Å². The summed E-state index contributed by atoms with van der Waals surface area (Å²) in [7, 11) is 5.58. The summed E-state index contributed by atoms with van der Waals surface area (Å²) in [6.45, 7) is 0.451. The van der Waals surface area contributed by atoms with Gasteiger partial charge in [-0.2, -0.15) is 0 Å². The molecule has 3 N–H and O–H groups in total. The fourth-order valence-corrected chi connectivity index (χ4v) is 2.99. The minimum absolute atomic E-state index is 0.0279. The maximum atomic E-state index is 12.3. The van der Waals surface area contributed by atoms with Crippen LogP contribution in [-0.4, -0.2) is 50.6 Å². The number of rotatable bonds is 8. The normalized spacial score (nSPS) is 14.2. The standard InChI is InChI=1S/C22H28N4O3/c1-26(2)20(15-6-12-19(29-3)13-7-15)14-23-22(28)25-18-8-4-16(5-9-18)21(27)24-17-10-11-17/h4-9,12-13,17,20H,10-11,14H2,1-3H3,(H,24,27)(H2,23,25,28)/t20-/m0/s1. The molecule has 7 nitrogen and oxygen atoms in total. The summed E-state index contributed by atoms with van der Waals surface area (Å²) < 4.78 is 5.20. The molecule has 1 aliphatic rings. The number of carbonyl (C=O) groups excluding carboxylic acids is 2. The number of amides is 3. The molecule has 0 bridgehead atoms. The molecule has 1 atom stereocenters. The van der Waals surface area contributed by atoms with Gasteiger partial charge in [0.2, 0.25) is 0 Å². The number of urea groups is 1. The summed E-state index contributed by atoms with van der Waals surface area (Å²) in [5.41, 5.74) is 2.31. The van der Waals surface area contributed by atoms with Crippen LogP contribution in [0.1, 0.15) is 34.8 Å². The van der Waals surface area contributed by atoms with Gasteiger partial charge in [0.15, 0.2) is 0 Å². The Morgan fingerprint density at radius 1 is 1.07 bits per heavy atom. The zero-order chi connectivity index (χ0) is 20.8. The number of ether oxygens (including phenoxy) is 1. The number of benzene rings is 2. The highest BCUT2D eigenvalue weighted by Gasteiger charge is 2.23. The zero-order valence-corrected chi connectivity index (χ0v) is 17.1. The molecule has 7 heteroatoms. The van der Waals surface area contributed by atoms with Crippen molar-refractivity contribution < 1.29 is 14.3 Å². The lowest BCUT2D eigenvalue weighted by atomic mass is 10.1. The Morgan fingerprint density at radius 3 is 2.28 bits per heavy atom. The maximum Gasteiger partial charge on any atom is 0.319 e. The van der Waals surface area contributed by atoms with Gasteiger partial charge in [-0.1, -0.05) is 12.1 Å². The van der Waals surface area contributed by atoms with Gasteiger partial charge in [-0.25, -0.2) is 4.79 Å². The first-order valence-corrected chi connectivity index (χ1v) is 9.72. The molecule has 2 aromatic rings. The summed E-state index contributed by atoms with van der Waals surface area (Å²) in [6, 6.07) is 14.8. The Bertz CT molecular complexity index is 830. The lowest BCUT2D eigenvalue weighted by Gasteiger charge is -2.25. The molecule has 29 heavy (non-hydrogen) atoms. The van der Waals surface area contributed by atoms with E-state index in [1.54, 1.807) is 31.4 Å². The molecular formula is C22H28N4O3. The van der Waals surface area contributed by atoms with Crippen molar-refractivity contribution in [3.63, 3.8) is 0 Å². The molecule has 2 aromatic carbocycles. The lowest BCUT2D eigenvalue weighted by molar-refractivity contribution is 0.0951. The average molecular weight is 396 g/mol. The minimum atomic E-state index is -0.291. The fourth-order valence-electron chi connectivity index (χ4n) is 2.99. The highest BCUT2D eigenvalue weighted by Crippen LogP contribution is 2.21. The van der Waals surface area contributed by atoms with Gasteiger partial charge in [0.25, 0.3) is 5.91 Å². The maximum absolute atomic E-state index is 12.3. The van der Waals surface area contributed by atoms with Crippen LogP contribution in [0.25, 0.3) is 0 Å². The molecule has 0 spiro atoms. The second-order valence-corrected chi connectivity index (χ2v) is 7.41. The fraction of sp³-hybridized carbons (Fsp3) is 0.364. The molecule has 154 valence electrons. The van der Waals surface area contributed by atoms with Crippen molar-refractivity contribution in [2.45, 2.75) is 24.9 Å². The van der Waals surface area contributed by atoms with Crippen LogP contribution in [0, 0.1) is 0 Å². The van der Waals surface area contributed by atoms with E-state index >= 15 is 0 Å². The van der Waals surface area contributed by atoms with E-state index in [0.29, 0.717) is 23.8 Å². The number of nitrogens with one attached hydrogen (secondary N) is 3. The number of methoxy groups -OCH3 is 1. The first-order chi connectivity index (χ1) is 14.0. The van der Waals surface area contributed by atoms with Crippen LogP contribution in [0.15, 0.2) is 48.5 Å². The van der Waals surface area contributed by atoms with Crippen molar-refractivity contribution in [2.75, 3.05) is 33.1 Å². The van der Waals surface area contributed by atoms with Crippen LogP contribution in [0.3, 0.4) is 0 Å². The number of nitrogens with zero attached hydrogens (tertiary/aromatic N) is 1. The number of anilines is 1. The van der Waals surface area contributed by atoms with E-state index in [0.717, 1.165) is 24.2 Å². The third-order valence-corrected chi connectivity index (χ3v) is 4.90. The highest BCUT2D eigenvalue weighted by atomic mass is 16.5. The number of hydrogen-bond donors (Lipinski definition) is 3. The number of carbonyl (C=O) groups is 2. The van der Waals surface area contributed by atoms with Crippen LogP contribution >= 0.6 is 0 Å². The van der Waals surface area contributed by atoms with E-state index in [9.17, 15) is 9.59 Å². The topological polar surface area (TPSA) is 82.7 Å². The zero-order valence-electron chi connectivity index (χ0n) is 17.1. The van der Waals surface area contributed by atoms with E-state index in [2.05, 4.69) is 20.9 Å². The van der Waals surface area contributed by atoms with Crippen molar-refractivity contribution in [2.24, 2.45) is 0 Å². The van der Waals surface area contributed by atoms with Crippen LogP contribution in [0.4, 0.5) is 10.5 Å². The quantitative estimate of drug-likeness (QED) is 0.641. The molecule has 0 aliphatic heterocycles. The molecule has 0 radical (unpaired) electrons. The second-order valence-electron chi connectivity index (χ2n) is 7.41. The molecule has 0 aromatic heterocycles. The van der Waals surface area contributed by atoms with Crippen LogP contribution in [0.2, 0.25) is 0 Å². The van der Waals surface area contributed by atoms with Gasteiger partial charge in [-0.05, 0) is 68.9 Å². The largest absolute Gasteiger partial charge is 0.497 e. The lowest BCUT2D eigenvalue weighted by Crippen LogP contribution is -2.36. The number of likely N-dealkylation sites (N-methyl/N-ethyl adjacent to an activating group) is 1. The Kier molecular flexibility index (Phi) is 6.72. The molecule has 1 aliphatic carbocycles. The van der Waals surface area contributed by atoms with Gasteiger partial charge in [0.05, 0.1) is 13.2 Å². The summed E-state index contributed by atoms with van der Waals surface area (Å²) in [5, 5.41) is 8.66. The molecule has 0 saturated heterocycles. The molecule has 0 unspecified atom stereocenters. The van der Waals surface area contributed by atoms with Gasteiger partial charge in [-0.3, -0.25) is 4.79 Å². The smallest absolute Gasteiger partial charge is 0.319 e. The number of hydrogen-bond acceptors (Lipinski definition) is 4. The van der Waals surface area contributed by atoms with Crippen LogP contribution in [-0.2, 0) is 0 Å². The molecular weight excluding hydrogens is 368 g/mol. The summed E-state index contributed by atoms with van der Waals surface area (Å²) >= 11 is 0. The van der Waals surface area contributed by atoms with E-state index in [1.807, 2.05) is 38.4 Å². The Labute approximate surface area is 171 Å². The van der Waals surface area contributed by atoms with Crippen molar-refractivity contribution in [3.8, 4) is 5.75 Å². The molecule has 3 amide bonds. The second kappa shape index (κ2) is 9.43. The SMILES string of the molecule is COc1ccc([C@H](CNC(=O)Nc2ccc(C(=O)NC3CC3)cc2)N(C)C)cc1. The van der Waals surface area contributed by atoms with Gasteiger partial charge in [-0.15, -0.1) is 0 Å². The molecule has 1 saturated carbocycles. The van der Waals surface area contributed by atoms with Crippen molar-refractivity contribution in [1.82, 2.24) is 15.5 Å². The van der Waals surface area contributed by atoms with E-state index in [1.165, 1.54) is 0 Å². The predicted octanol–water partition coefficient (Wildman–Crippen LogP) is 3.01. The highest BCUT2D eigenvalue weighted by molar-refractivity contribution is 5.95. The summed E-state index contributed by atoms with van der Waals surface area (Å²) in [6.07, 6.45) is 2.10. The van der Waals surface area contributed by atoms with E-state index < -0.39 is 0 Å². The summed E-state index contributed by atoms with van der Waals surface area (Å²) in [5.74, 6) is 0.725. The monoisotopic (exact) mass is 396 g/mol. The van der Waals surface area contributed by atoms with Crippen molar-refractivity contribution in [3.05, 3.63) is 59.7 Å². The third-order valence-electron chi connectivity index (χ3n) is 4.90. The van der Waals surface area contributed by atoms with Gasteiger partial charge < -0.3 is 25.6 Å². The van der Waals surface area contributed by atoms with Crippen LogP contribution < -0.4 is 20.7 Å². The van der Waals surface area contributed by atoms with Gasteiger partial charge in [0.1, 0.15) is 5.75 Å². The summed E-state index contributed by atoms with van der Waals surface area (Å²) in [4.78, 5) is 26.4. The Balaban J connectivity index is 1.52. The van der Waals surface area contributed by atoms with E-state index in [-0.39, 0.29) is 18.0 Å². The first-order valence-electron chi connectivity index (χ1n) is 9.72. The predicted molar refractivity (Wildman–Crippen MR) is 113 cm³/mol. The Morgan fingerprint density at radius 2 is 1.72 bits per heavy atom. The Hall–Kier alpha value is -3.06. The first kappa shape index (κ1) is 20.7. The molecule has 1 fully saturated rings. The van der Waals surface area contributed by atoms with E-state index in [4.69, 9.17) is 4.74 Å².